The van der Waals surface area contributed by atoms with Crippen molar-refractivity contribution in [3.8, 4) is 0 Å². The highest BCUT2D eigenvalue weighted by Gasteiger charge is 2.32. The van der Waals surface area contributed by atoms with E-state index in [1.165, 1.54) is 12.1 Å². The van der Waals surface area contributed by atoms with Crippen LogP contribution in [0.3, 0.4) is 0 Å². The van der Waals surface area contributed by atoms with Crippen LogP contribution in [0, 0.1) is 0 Å². The summed E-state index contributed by atoms with van der Waals surface area (Å²) >= 11 is 0. The predicted octanol–water partition coefficient (Wildman–Crippen LogP) is 2.85. The molecule has 2 aliphatic rings. The molecule has 2 fully saturated rings. The lowest BCUT2D eigenvalue weighted by molar-refractivity contribution is -0.137. The van der Waals surface area contributed by atoms with Crippen LogP contribution in [0.25, 0.3) is 0 Å². The minimum atomic E-state index is -4.38. The van der Waals surface area contributed by atoms with Gasteiger partial charge in [0.2, 0.25) is 0 Å². The normalized spacial score (nSPS) is 18.5. The summed E-state index contributed by atoms with van der Waals surface area (Å²) in [7, 11) is 0. The molecule has 5 nitrogen and oxygen atoms in total. The Morgan fingerprint density at radius 2 is 1.80 bits per heavy atom. The summed E-state index contributed by atoms with van der Waals surface area (Å²) in [6.45, 7) is 4.01. The van der Waals surface area contributed by atoms with E-state index in [0.29, 0.717) is 37.4 Å². The van der Waals surface area contributed by atoms with Crippen molar-refractivity contribution in [3.63, 3.8) is 0 Å². The molecule has 8 heteroatoms. The van der Waals surface area contributed by atoms with Gasteiger partial charge in [-0.3, -0.25) is 0 Å². The molecule has 0 aliphatic carbocycles. The summed E-state index contributed by atoms with van der Waals surface area (Å²) in [5.41, 5.74) is 0.449. The van der Waals surface area contributed by atoms with Crippen molar-refractivity contribution in [1.29, 1.82) is 0 Å². The minimum absolute atomic E-state index is 0.0211. The number of carbonyl (C=O) groups is 1. The maximum Gasteiger partial charge on any atom is 0.416 e. The molecule has 0 spiro atoms. The second-order valence-electron chi connectivity index (χ2n) is 6.33. The minimum Gasteiger partial charge on any atom is -0.444 e. The number of benzene rings is 1. The van der Waals surface area contributed by atoms with Crippen molar-refractivity contribution < 1.29 is 22.7 Å². The van der Waals surface area contributed by atoms with Crippen molar-refractivity contribution in [1.82, 2.24) is 10.2 Å². The molecule has 1 amide bonds. The van der Waals surface area contributed by atoms with E-state index in [4.69, 9.17) is 4.74 Å². The van der Waals surface area contributed by atoms with Crippen LogP contribution in [0.15, 0.2) is 18.2 Å². The van der Waals surface area contributed by atoms with Gasteiger partial charge in [-0.1, -0.05) is 6.07 Å². The number of alkyl halides is 3. The number of rotatable bonds is 3. The Kier molecular flexibility index (Phi) is 5.36. The summed E-state index contributed by atoms with van der Waals surface area (Å²) in [5.74, 6) is 0. The van der Waals surface area contributed by atoms with E-state index in [9.17, 15) is 18.0 Å². The number of hydrogen-bond donors (Lipinski definition) is 1. The number of piperazine rings is 1. The maximum absolute atomic E-state index is 13.0. The zero-order valence-electron chi connectivity index (χ0n) is 13.9. The molecule has 0 saturated carbocycles. The lowest BCUT2D eigenvalue weighted by atomic mass is 10.1. The van der Waals surface area contributed by atoms with Gasteiger partial charge in [0.1, 0.15) is 6.61 Å². The average Bonchev–Trinajstić information content (AvgIpc) is 3.14. The summed E-state index contributed by atoms with van der Waals surface area (Å²) in [4.78, 5) is 15.7. The molecule has 1 aromatic rings. The van der Waals surface area contributed by atoms with Crippen LogP contribution in [0.1, 0.15) is 24.0 Å². The van der Waals surface area contributed by atoms with Crippen molar-refractivity contribution in [2.24, 2.45) is 0 Å². The fourth-order valence-electron chi connectivity index (χ4n) is 3.19. The number of halogens is 3. The fraction of sp³-hybridized carbons (Fsp3) is 0.588. The largest absolute Gasteiger partial charge is 0.444 e. The van der Waals surface area contributed by atoms with Crippen molar-refractivity contribution in [2.45, 2.75) is 25.6 Å². The van der Waals surface area contributed by atoms with E-state index < -0.39 is 17.8 Å². The van der Waals surface area contributed by atoms with E-state index in [1.807, 2.05) is 4.90 Å². The van der Waals surface area contributed by atoms with Crippen molar-refractivity contribution in [2.75, 3.05) is 44.2 Å². The highest BCUT2D eigenvalue weighted by atomic mass is 19.4. The number of hydrogen-bond acceptors (Lipinski definition) is 4. The van der Waals surface area contributed by atoms with Crippen LogP contribution < -0.4 is 10.2 Å². The molecule has 25 heavy (non-hydrogen) atoms. The molecule has 0 aromatic heterocycles. The van der Waals surface area contributed by atoms with Gasteiger partial charge in [-0.2, -0.15) is 13.2 Å². The average molecular weight is 357 g/mol. The zero-order valence-corrected chi connectivity index (χ0v) is 13.9. The summed E-state index contributed by atoms with van der Waals surface area (Å²) in [5, 5.41) is 3.15. The number of nitrogens with one attached hydrogen (secondary N) is 1. The standard InChI is InChI=1S/C17H22F3N3O2/c18-17(19,20)14-4-3-13(15(11-14)22-7-1-2-8-22)12-25-16(24)23-9-5-21-6-10-23/h3-4,11,21H,1-2,5-10,12H2. The number of ether oxygens (including phenoxy) is 1. The van der Waals surface area contributed by atoms with Gasteiger partial charge >= 0.3 is 12.3 Å². The first-order chi connectivity index (χ1) is 11.9. The Balaban J connectivity index is 1.74. The van der Waals surface area contributed by atoms with E-state index in [-0.39, 0.29) is 6.61 Å². The van der Waals surface area contributed by atoms with Gasteiger partial charge in [-0.15, -0.1) is 0 Å². The molecular formula is C17H22F3N3O2. The van der Waals surface area contributed by atoms with Crippen LogP contribution in [0.5, 0.6) is 0 Å². The smallest absolute Gasteiger partial charge is 0.416 e. The molecule has 3 rings (SSSR count). The maximum atomic E-state index is 13.0. The highest BCUT2D eigenvalue weighted by molar-refractivity contribution is 5.68. The van der Waals surface area contributed by atoms with Gasteiger partial charge in [-0.25, -0.2) is 4.79 Å². The molecule has 2 saturated heterocycles. The quantitative estimate of drug-likeness (QED) is 0.904. The molecule has 0 unspecified atom stereocenters. The predicted molar refractivity (Wildman–Crippen MR) is 87.5 cm³/mol. The number of amides is 1. The molecule has 2 heterocycles. The zero-order chi connectivity index (χ0) is 17.9. The molecule has 1 aromatic carbocycles. The Hall–Kier alpha value is -1.96. The van der Waals surface area contributed by atoms with Crippen molar-refractivity contribution >= 4 is 11.8 Å². The summed E-state index contributed by atoms with van der Waals surface area (Å²) in [6.07, 6.45) is -2.90. The Labute approximate surface area is 144 Å². The van der Waals surface area contributed by atoms with Crippen LogP contribution in [-0.2, 0) is 17.5 Å². The van der Waals surface area contributed by atoms with Crippen molar-refractivity contribution in [3.05, 3.63) is 29.3 Å². The second kappa shape index (κ2) is 7.51. The molecule has 0 atom stereocenters. The number of nitrogens with zero attached hydrogens (tertiary/aromatic N) is 2. The lowest BCUT2D eigenvalue weighted by Gasteiger charge is -2.27. The van der Waals surface area contributed by atoms with E-state index in [1.54, 1.807) is 4.90 Å². The molecule has 1 N–H and O–H groups in total. The first-order valence-corrected chi connectivity index (χ1v) is 8.52. The Bertz CT molecular complexity index is 610. The van der Waals surface area contributed by atoms with Gasteiger partial charge < -0.3 is 19.9 Å². The van der Waals surface area contributed by atoms with Crippen LogP contribution in [-0.4, -0.2) is 50.3 Å². The monoisotopic (exact) mass is 357 g/mol. The van der Waals surface area contributed by atoms with Crippen LogP contribution >= 0.6 is 0 Å². The van der Waals surface area contributed by atoms with Gasteiger partial charge in [0.05, 0.1) is 5.56 Å². The molecule has 2 aliphatic heterocycles. The summed E-state index contributed by atoms with van der Waals surface area (Å²) in [6, 6.07) is 3.63. The highest BCUT2D eigenvalue weighted by Crippen LogP contribution is 2.35. The first-order valence-electron chi connectivity index (χ1n) is 8.52. The van der Waals surface area contributed by atoms with E-state index in [2.05, 4.69) is 5.32 Å². The molecule has 0 bridgehead atoms. The van der Waals surface area contributed by atoms with Gasteiger partial charge in [0, 0.05) is 50.5 Å². The first kappa shape index (κ1) is 17.8. The van der Waals surface area contributed by atoms with Crippen LogP contribution in [0.4, 0.5) is 23.7 Å². The lowest BCUT2D eigenvalue weighted by Crippen LogP contribution is -2.46. The Morgan fingerprint density at radius 1 is 1.12 bits per heavy atom. The van der Waals surface area contributed by atoms with E-state index >= 15 is 0 Å². The van der Waals surface area contributed by atoms with Crippen LogP contribution in [0.2, 0.25) is 0 Å². The fourth-order valence-corrected chi connectivity index (χ4v) is 3.19. The molecular weight excluding hydrogens is 335 g/mol. The topological polar surface area (TPSA) is 44.8 Å². The molecule has 138 valence electrons. The molecule has 0 radical (unpaired) electrons. The summed E-state index contributed by atoms with van der Waals surface area (Å²) < 4.78 is 44.4. The second-order valence-corrected chi connectivity index (χ2v) is 6.33. The van der Waals surface area contributed by atoms with Gasteiger partial charge in [0.25, 0.3) is 0 Å². The number of carbonyl (C=O) groups excluding carboxylic acids is 1. The van der Waals surface area contributed by atoms with E-state index in [0.717, 1.165) is 32.0 Å². The third-order valence-corrected chi connectivity index (χ3v) is 4.59. The third-order valence-electron chi connectivity index (χ3n) is 4.59. The third kappa shape index (κ3) is 4.36. The van der Waals surface area contributed by atoms with Gasteiger partial charge in [-0.05, 0) is 25.0 Å². The Morgan fingerprint density at radius 3 is 2.44 bits per heavy atom. The van der Waals surface area contributed by atoms with Gasteiger partial charge in [0.15, 0.2) is 0 Å². The SMILES string of the molecule is O=C(OCc1ccc(C(F)(F)F)cc1N1CCCC1)N1CCNCC1. The number of anilines is 1.